The number of alkyl halides is 2. The summed E-state index contributed by atoms with van der Waals surface area (Å²) in [6.07, 6.45) is -8.46. The number of hydrogen-bond donors (Lipinski definition) is 6. The zero-order valence-corrected chi connectivity index (χ0v) is 20.2. The molecule has 21 heteroatoms. The van der Waals surface area contributed by atoms with Gasteiger partial charge < -0.3 is 29.4 Å². The van der Waals surface area contributed by atoms with E-state index in [1.165, 1.54) is 6.92 Å². The van der Waals surface area contributed by atoms with E-state index in [9.17, 15) is 42.6 Å². The number of aromatic amines is 1. The summed E-state index contributed by atoms with van der Waals surface area (Å²) >= 11 is 0. The number of H-pyrrole nitrogens is 1. The van der Waals surface area contributed by atoms with Crippen LogP contribution in [0.25, 0.3) is 0 Å². The standard InChI is InChI=1S/C14H19F2N2O14P3/c1-7-6-9(19)17-13(21)18(7)12-14(16,4-3-5-15)11(20)10(29-12)8(2)30-34(25,26)32-35(27,28)31-33(22,23)24/h6,8,10-12,20H,5H2,1-2H3,(H,25,26)(H,27,28)(H,17,19,21)(H2,22,23,24)/t8-,10+,11-,12+,14?/m0/s1. The second-order valence-electron chi connectivity index (χ2n) is 6.95. The van der Waals surface area contributed by atoms with E-state index in [0.29, 0.717) is 4.57 Å². The first kappa shape index (κ1) is 29.7. The molecular weight excluding hydrogens is 551 g/mol. The molecule has 1 aliphatic heterocycles. The fraction of sp³-hybridized carbons (Fsp3) is 0.571. The van der Waals surface area contributed by atoms with Gasteiger partial charge in [-0.2, -0.15) is 8.62 Å². The van der Waals surface area contributed by atoms with Gasteiger partial charge in [-0.05, 0) is 13.8 Å². The van der Waals surface area contributed by atoms with Crippen LogP contribution in [-0.2, 0) is 31.6 Å². The molecule has 0 spiro atoms. The third kappa shape index (κ3) is 7.23. The monoisotopic (exact) mass is 570 g/mol. The Morgan fingerprint density at radius 3 is 2.34 bits per heavy atom. The Bertz CT molecular complexity index is 1280. The fourth-order valence-corrected chi connectivity index (χ4v) is 6.31. The van der Waals surface area contributed by atoms with Crippen LogP contribution in [0.15, 0.2) is 15.7 Å². The van der Waals surface area contributed by atoms with Crippen molar-refractivity contribution in [3.63, 3.8) is 0 Å². The van der Waals surface area contributed by atoms with Crippen LogP contribution in [0.2, 0.25) is 0 Å². The predicted octanol–water partition coefficient (Wildman–Crippen LogP) is -0.484. The predicted molar refractivity (Wildman–Crippen MR) is 108 cm³/mol. The van der Waals surface area contributed by atoms with Gasteiger partial charge in [-0.15, -0.1) is 0 Å². The summed E-state index contributed by atoms with van der Waals surface area (Å²) in [7, 11) is -17.3. The lowest BCUT2D eigenvalue weighted by Crippen LogP contribution is -2.46. The molecule has 0 radical (unpaired) electrons. The third-order valence-corrected chi connectivity index (χ3v) is 8.24. The summed E-state index contributed by atoms with van der Waals surface area (Å²) < 4.78 is 80.1. The summed E-state index contributed by atoms with van der Waals surface area (Å²) in [6, 6.07) is 0.864. The number of rotatable bonds is 8. The van der Waals surface area contributed by atoms with Crippen LogP contribution in [0.3, 0.4) is 0 Å². The number of aliphatic hydroxyl groups is 1. The van der Waals surface area contributed by atoms with E-state index >= 15 is 4.39 Å². The van der Waals surface area contributed by atoms with Crippen molar-refractivity contribution in [3.8, 4) is 11.8 Å². The topological polar surface area (TPSA) is 244 Å². The highest BCUT2D eigenvalue weighted by molar-refractivity contribution is 7.66. The number of phosphoric acid groups is 3. The molecule has 0 aromatic carbocycles. The second kappa shape index (κ2) is 10.4. The lowest BCUT2D eigenvalue weighted by Gasteiger charge is -2.25. The van der Waals surface area contributed by atoms with Crippen molar-refractivity contribution in [2.45, 2.75) is 44.1 Å². The molecule has 0 saturated carbocycles. The maximum atomic E-state index is 15.8. The molecule has 0 bridgehead atoms. The van der Waals surface area contributed by atoms with E-state index in [1.54, 1.807) is 11.8 Å². The minimum Gasteiger partial charge on any atom is -0.386 e. The third-order valence-electron chi connectivity index (χ3n) is 4.32. The summed E-state index contributed by atoms with van der Waals surface area (Å²) in [4.78, 5) is 61.6. The minimum atomic E-state index is -5.88. The fourth-order valence-electron chi connectivity index (χ4n) is 3.11. The molecular formula is C14H19F2N2O14P3. The van der Waals surface area contributed by atoms with Gasteiger partial charge in [0.1, 0.15) is 18.9 Å². The van der Waals surface area contributed by atoms with Gasteiger partial charge in [0.05, 0.1) is 6.10 Å². The molecule has 1 saturated heterocycles. The molecule has 1 aliphatic rings. The van der Waals surface area contributed by atoms with Gasteiger partial charge in [-0.3, -0.25) is 18.9 Å². The number of hydrogen-bond acceptors (Lipinski definition) is 10. The maximum absolute atomic E-state index is 15.8. The van der Waals surface area contributed by atoms with Crippen molar-refractivity contribution in [2.24, 2.45) is 0 Å². The summed E-state index contributed by atoms with van der Waals surface area (Å²) in [6.45, 7) is 0.685. The average molecular weight is 570 g/mol. The largest absolute Gasteiger partial charge is 0.490 e. The Labute approximate surface area is 193 Å². The van der Waals surface area contributed by atoms with Crippen LogP contribution in [0.4, 0.5) is 8.78 Å². The summed E-state index contributed by atoms with van der Waals surface area (Å²) in [5.74, 6) is 3.48. The van der Waals surface area contributed by atoms with Crippen molar-refractivity contribution < 1.29 is 65.0 Å². The number of aliphatic hydroxyl groups excluding tert-OH is 1. The lowest BCUT2D eigenvalue weighted by atomic mass is 9.94. The first-order valence-electron chi connectivity index (χ1n) is 9.05. The molecule has 1 aromatic heterocycles. The van der Waals surface area contributed by atoms with Gasteiger partial charge in [0.15, 0.2) is 6.23 Å². The van der Waals surface area contributed by atoms with Crippen LogP contribution in [0, 0.1) is 18.8 Å². The number of phosphoric ester groups is 1. The van der Waals surface area contributed by atoms with Gasteiger partial charge in [0.2, 0.25) is 5.67 Å². The van der Waals surface area contributed by atoms with Crippen molar-refractivity contribution in [1.82, 2.24) is 9.55 Å². The number of ether oxygens (including phenoxy) is 1. The second-order valence-corrected chi connectivity index (χ2v) is 11.3. The van der Waals surface area contributed by atoms with Crippen LogP contribution in [0.1, 0.15) is 18.8 Å². The van der Waals surface area contributed by atoms with E-state index in [0.717, 1.165) is 13.0 Å². The lowest BCUT2D eigenvalue weighted by molar-refractivity contribution is -0.0787. The van der Waals surface area contributed by atoms with Crippen LogP contribution < -0.4 is 11.2 Å². The van der Waals surface area contributed by atoms with Gasteiger partial charge in [0.25, 0.3) is 5.56 Å². The zero-order chi connectivity index (χ0) is 27.0. The minimum absolute atomic E-state index is 0.179. The van der Waals surface area contributed by atoms with Crippen LogP contribution >= 0.6 is 23.5 Å². The number of halogens is 2. The number of nitrogens with one attached hydrogen (secondary N) is 1. The highest BCUT2D eigenvalue weighted by Gasteiger charge is 2.60. The Morgan fingerprint density at radius 1 is 1.23 bits per heavy atom. The first-order chi connectivity index (χ1) is 15.8. The molecule has 1 fully saturated rings. The average Bonchev–Trinajstić information content (AvgIpc) is 2.88. The molecule has 7 atom stereocenters. The zero-order valence-electron chi connectivity index (χ0n) is 17.5. The molecule has 0 amide bonds. The van der Waals surface area contributed by atoms with E-state index in [4.69, 9.17) is 14.5 Å². The Kier molecular flexibility index (Phi) is 8.84. The Hall–Kier alpha value is -1.57. The molecule has 35 heavy (non-hydrogen) atoms. The SMILES string of the molecule is Cc1cc(=O)[nH]c(=O)n1[C@@H]1O[C@H]([C@H](C)OP(=O)(O)OP(=O)(O)OP(=O)(O)O)[C@H](O)C1(F)C#CCF. The van der Waals surface area contributed by atoms with Crippen molar-refractivity contribution in [1.29, 1.82) is 0 Å². The van der Waals surface area contributed by atoms with Crippen molar-refractivity contribution in [3.05, 3.63) is 32.6 Å². The van der Waals surface area contributed by atoms with E-state index in [-0.39, 0.29) is 5.69 Å². The number of aryl methyl sites for hydroxylation is 1. The van der Waals surface area contributed by atoms with Gasteiger partial charge in [0, 0.05) is 11.8 Å². The normalized spacial score (nSPS) is 29.0. The smallest absolute Gasteiger partial charge is 0.386 e. The summed E-state index contributed by atoms with van der Waals surface area (Å²) in [5.41, 5.74) is -5.50. The molecule has 1 aromatic rings. The van der Waals surface area contributed by atoms with Gasteiger partial charge in [-0.1, -0.05) is 11.8 Å². The van der Waals surface area contributed by atoms with E-state index in [2.05, 4.69) is 13.1 Å². The Balaban J connectivity index is 2.40. The molecule has 3 unspecified atom stereocenters. The van der Waals surface area contributed by atoms with Crippen LogP contribution in [0.5, 0.6) is 0 Å². The molecule has 198 valence electrons. The van der Waals surface area contributed by atoms with Gasteiger partial charge >= 0.3 is 29.2 Å². The highest BCUT2D eigenvalue weighted by atomic mass is 31.3. The highest BCUT2D eigenvalue weighted by Crippen LogP contribution is 2.66. The van der Waals surface area contributed by atoms with Crippen LogP contribution in [-0.4, -0.2) is 64.9 Å². The molecule has 2 heterocycles. The quantitative estimate of drug-likeness (QED) is 0.171. The van der Waals surface area contributed by atoms with E-state index < -0.39 is 71.6 Å². The number of nitrogens with zero attached hydrogens (tertiary/aromatic N) is 1. The Morgan fingerprint density at radius 2 is 1.83 bits per heavy atom. The molecule has 2 rings (SSSR count). The van der Waals surface area contributed by atoms with E-state index in [1.807, 2.05) is 4.98 Å². The first-order valence-corrected chi connectivity index (χ1v) is 13.6. The molecule has 0 aliphatic carbocycles. The maximum Gasteiger partial charge on any atom is 0.490 e. The van der Waals surface area contributed by atoms with Gasteiger partial charge in [-0.25, -0.2) is 27.3 Å². The molecule has 6 N–H and O–H groups in total. The number of aromatic nitrogens is 2. The van der Waals surface area contributed by atoms with Crippen molar-refractivity contribution in [2.75, 3.05) is 6.67 Å². The van der Waals surface area contributed by atoms with Crippen molar-refractivity contribution >= 4 is 23.5 Å². The molecule has 16 nitrogen and oxygen atoms in total. The summed E-state index contributed by atoms with van der Waals surface area (Å²) in [5, 5.41) is 10.5.